The van der Waals surface area contributed by atoms with Crippen molar-refractivity contribution in [2.75, 3.05) is 16.9 Å². The van der Waals surface area contributed by atoms with Gasteiger partial charge in [-0.05, 0) is 70.0 Å². The summed E-state index contributed by atoms with van der Waals surface area (Å²) >= 11 is 0. The molecule has 0 bridgehead atoms. The summed E-state index contributed by atoms with van der Waals surface area (Å²) in [4.78, 5) is 4.94. The molecule has 3 aromatic carbocycles. The fourth-order valence-electron chi connectivity index (χ4n) is 4.46. The summed E-state index contributed by atoms with van der Waals surface area (Å²) in [6.45, 7) is 11.3. The van der Waals surface area contributed by atoms with Gasteiger partial charge in [0.15, 0.2) is 0 Å². The average molecular weight is 387 g/mol. The third-order valence-corrected chi connectivity index (χ3v) is 5.66. The Morgan fingerprint density at radius 3 is 2.14 bits per heavy atom. The average Bonchev–Trinajstić information content (AvgIpc) is 2.71. The Labute approximate surface area is 174 Å². The monoisotopic (exact) mass is 386 g/mol. The van der Waals surface area contributed by atoms with E-state index < -0.39 is 0 Å². The number of benzene rings is 3. The molecule has 0 amide bonds. The van der Waals surface area contributed by atoms with Gasteiger partial charge >= 0.3 is 0 Å². The number of para-hydroxylation sites is 2. The molecule has 1 aliphatic rings. The molecule has 0 fully saturated rings. The van der Waals surface area contributed by atoms with Gasteiger partial charge in [-0.3, -0.25) is 0 Å². The standard InChI is InChI=1S/C26H30N2O/c1-17(2)27-22-15-14-20(21-11-7-8-13-25(21)29-6)16-24(22)28(18(3)4)26-19(5)10-9-12-23(26)27/h7-18H,1-6H3. The molecule has 29 heavy (non-hydrogen) atoms. The Hall–Kier alpha value is -2.94. The second kappa shape index (κ2) is 7.47. The molecule has 1 aliphatic heterocycles. The summed E-state index contributed by atoms with van der Waals surface area (Å²) in [5.74, 6) is 0.900. The minimum absolute atomic E-state index is 0.343. The van der Waals surface area contributed by atoms with Crippen molar-refractivity contribution in [1.82, 2.24) is 0 Å². The zero-order valence-electron chi connectivity index (χ0n) is 18.2. The maximum absolute atomic E-state index is 5.63. The number of fused-ring (bicyclic) bond motifs is 2. The highest BCUT2D eigenvalue weighted by Crippen LogP contribution is 2.52. The van der Waals surface area contributed by atoms with E-state index in [0.717, 1.165) is 11.3 Å². The van der Waals surface area contributed by atoms with Gasteiger partial charge in [-0.2, -0.15) is 0 Å². The largest absolute Gasteiger partial charge is 0.496 e. The lowest BCUT2D eigenvalue weighted by atomic mass is 9.97. The predicted molar refractivity (Wildman–Crippen MR) is 124 cm³/mol. The van der Waals surface area contributed by atoms with Crippen LogP contribution in [0.25, 0.3) is 11.1 Å². The summed E-state index contributed by atoms with van der Waals surface area (Å²) in [6, 6.07) is 22.3. The van der Waals surface area contributed by atoms with Crippen molar-refractivity contribution >= 4 is 22.7 Å². The van der Waals surface area contributed by atoms with Crippen molar-refractivity contribution in [3.8, 4) is 16.9 Å². The van der Waals surface area contributed by atoms with Crippen LogP contribution in [0.2, 0.25) is 0 Å². The van der Waals surface area contributed by atoms with Crippen LogP contribution < -0.4 is 14.5 Å². The second-order valence-electron chi connectivity index (χ2n) is 8.27. The molecule has 3 aromatic rings. The van der Waals surface area contributed by atoms with Crippen molar-refractivity contribution < 1.29 is 4.74 Å². The van der Waals surface area contributed by atoms with Gasteiger partial charge in [0.1, 0.15) is 5.75 Å². The van der Waals surface area contributed by atoms with Crippen molar-refractivity contribution in [2.45, 2.75) is 46.7 Å². The molecule has 0 spiro atoms. The first-order valence-corrected chi connectivity index (χ1v) is 10.4. The number of ether oxygens (including phenoxy) is 1. The van der Waals surface area contributed by atoms with E-state index in [4.69, 9.17) is 4.74 Å². The fraction of sp³-hybridized carbons (Fsp3) is 0.308. The maximum atomic E-state index is 5.63. The quantitative estimate of drug-likeness (QED) is 0.476. The maximum Gasteiger partial charge on any atom is 0.126 e. The summed E-state index contributed by atoms with van der Waals surface area (Å²) < 4.78 is 5.63. The number of hydrogen-bond acceptors (Lipinski definition) is 3. The first-order chi connectivity index (χ1) is 13.9. The van der Waals surface area contributed by atoms with Crippen LogP contribution in [0.4, 0.5) is 22.7 Å². The Balaban J connectivity index is 1.98. The van der Waals surface area contributed by atoms with Crippen LogP contribution in [0, 0.1) is 6.92 Å². The zero-order chi connectivity index (χ0) is 20.7. The minimum atomic E-state index is 0.343. The molecular weight excluding hydrogens is 356 g/mol. The van der Waals surface area contributed by atoms with E-state index in [1.165, 1.54) is 33.9 Å². The molecule has 3 nitrogen and oxygen atoms in total. The highest BCUT2D eigenvalue weighted by molar-refractivity contribution is 5.97. The van der Waals surface area contributed by atoms with Gasteiger partial charge in [0.2, 0.25) is 0 Å². The SMILES string of the molecule is COc1ccccc1-c1ccc2c(c1)N(C(C)C)c1c(C)cccc1N2C(C)C. The third kappa shape index (κ3) is 3.15. The molecule has 1 heterocycles. The molecule has 3 heteroatoms. The van der Waals surface area contributed by atoms with Crippen LogP contribution in [0.5, 0.6) is 5.75 Å². The van der Waals surface area contributed by atoms with Gasteiger partial charge < -0.3 is 14.5 Å². The van der Waals surface area contributed by atoms with E-state index in [1.807, 2.05) is 12.1 Å². The molecule has 0 radical (unpaired) electrons. The van der Waals surface area contributed by atoms with Gasteiger partial charge in [-0.1, -0.05) is 36.4 Å². The lowest BCUT2D eigenvalue weighted by Crippen LogP contribution is -2.37. The lowest BCUT2D eigenvalue weighted by molar-refractivity contribution is 0.416. The number of rotatable bonds is 4. The summed E-state index contributed by atoms with van der Waals surface area (Å²) in [5.41, 5.74) is 8.69. The summed E-state index contributed by atoms with van der Waals surface area (Å²) in [6.07, 6.45) is 0. The Morgan fingerprint density at radius 1 is 0.724 bits per heavy atom. The summed E-state index contributed by atoms with van der Waals surface area (Å²) in [7, 11) is 1.73. The van der Waals surface area contributed by atoms with E-state index in [0.29, 0.717) is 12.1 Å². The van der Waals surface area contributed by atoms with Crippen molar-refractivity contribution in [3.05, 3.63) is 66.2 Å². The van der Waals surface area contributed by atoms with Crippen LogP contribution in [-0.4, -0.2) is 19.2 Å². The number of nitrogens with zero attached hydrogens (tertiary/aromatic N) is 2. The smallest absolute Gasteiger partial charge is 0.126 e. The van der Waals surface area contributed by atoms with Crippen LogP contribution in [-0.2, 0) is 0 Å². The molecule has 0 aromatic heterocycles. The predicted octanol–water partition coefficient (Wildman–Crippen LogP) is 7.08. The second-order valence-corrected chi connectivity index (χ2v) is 8.27. The molecule has 0 aliphatic carbocycles. The fourth-order valence-corrected chi connectivity index (χ4v) is 4.46. The Bertz CT molecular complexity index is 1040. The number of anilines is 4. The highest BCUT2D eigenvalue weighted by Gasteiger charge is 2.32. The van der Waals surface area contributed by atoms with Crippen LogP contribution in [0.15, 0.2) is 60.7 Å². The van der Waals surface area contributed by atoms with Crippen LogP contribution in [0.3, 0.4) is 0 Å². The number of methoxy groups -OCH3 is 1. The van der Waals surface area contributed by atoms with Gasteiger partial charge in [0.05, 0.1) is 29.9 Å². The molecule has 0 unspecified atom stereocenters. The molecule has 0 saturated carbocycles. The zero-order valence-corrected chi connectivity index (χ0v) is 18.2. The van der Waals surface area contributed by atoms with Gasteiger partial charge in [0.25, 0.3) is 0 Å². The van der Waals surface area contributed by atoms with E-state index in [1.54, 1.807) is 7.11 Å². The van der Waals surface area contributed by atoms with Crippen molar-refractivity contribution in [3.63, 3.8) is 0 Å². The van der Waals surface area contributed by atoms with Crippen molar-refractivity contribution in [2.24, 2.45) is 0 Å². The Kier molecular flexibility index (Phi) is 4.99. The van der Waals surface area contributed by atoms with E-state index in [2.05, 4.69) is 92.9 Å². The number of hydrogen-bond donors (Lipinski definition) is 0. The first-order valence-electron chi connectivity index (χ1n) is 10.4. The third-order valence-electron chi connectivity index (χ3n) is 5.66. The molecule has 150 valence electrons. The molecule has 0 N–H and O–H groups in total. The van der Waals surface area contributed by atoms with E-state index in [-0.39, 0.29) is 0 Å². The normalized spacial score (nSPS) is 13.0. The van der Waals surface area contributed by atoms with E-state index in [9.17, 15) is 0 Å². The minimum Gasteiger partial charge on any atom is -0.496 e. The van der Waals surface area contributed by atoms with E-state index >= 15 is 0 Å². The molecular formula is C26H30N2O. The number of aryl methyl sites for hydroxylation is 1. The topological polar surface area (TPSA) is 15.7 Å². The molecule has 4 rings (SSSR count). The van der Waals surface area contributed by atoms with Gasteiger partial charge in [-0.25, -0.2) is 0 Å². The van der Waals surface area contributed by atoms with Crippen molar-refractivity contribution in [1.29, 1.82) is 0 Å². The van der Waals surface area contributed by atoms with Crippen LogP contribution in [0.1, 0.15) is 33.3 Å². The van der Waals surface area contributed by atoms with Gasteiger partial charge in [0, 0.05) is 17.6 Å². The lowest BCUT2D eigenvalue weighted by Gasteiger charge is -2.45. The molecule has 0 saturated heterocycles. The molecule has 0 atom stereocenters. The summed E-state index contributed by atoms with van der Waals surface area (Å²) in [5, 5.41) is 0. The Morgan fingerprint density at radius 2 is 1.45 bits per heavy atom. The first kappa shape index (κ1) is 19.4. The highest BCUT2D eigenvalue weighted by atomic mass is 16.5. The van der Waals surface area contributed by atoms with Gasteiger partial charge in [-0.15, -0.1) is 0 Å². The van der Waals surface area contributed by atoms with Crippen LogP contribution >= 0.6 is 0 Å².